The number of pyridine rings is 1. The van der Waals surface area contributed by atoms with Gasteiger partial charge in [0.1, 0.15) is 0 Å². The summed E-state index contributed by atoms with van der Waals surface area (Å²) in [6.07, 6.45) is 3.46. The van der Waals surface area contributed by atoms with Crippen LogP contribution in [0.4, 0.5) is 0 Å². The van der Waals surface area contributed by atoms with Crippen molar-refractivity contribution in [1.29, 1.82) is 0 Å². The normalized spacial score (nSPS) is 11.1. The number of imidazole rings is 1. The van der Waals surface area contributed by atoms with E-state index in [0.717, 1.165) is 22.8 Å². The number of nitrogens with zero attached hydrogens (tertiary/aromatic N) is 2. The first kappa shape index (κ1) is 9.18. The van der Waals surface area contributed by atoms with E-state index in [9.17, 15) is 0 Å². The second kappa shape index (κ2) is 3.50. The van der Waals surface area contributed by atoms with Gasteiger partial charge in [-0.15, -0.1) is 0 Å². The van der Waals surface area contributed by atoms with E-state index in [-0.39, 0.29) is 0 Å². The average molecular weight is 213 g/mol. The smallest absolute Gasteiger partial charge is 0.181 e. The third-order valence-corrected chi connectivity index (χ3v) is 2.58. The summed E-state index contributed by atoms with van der Waals surface area (Å²) in [5.41, 5.74) is 7.76. The highest BCUT2D eigenvalue weighted by molar-refractivity contribution is 5.59. The Hall–Kier alpha value is -2.07. The van der Waals surface area contributed by atoms with Crippen molar-refractivity contribution >= 4 is 5.52 Å². The molecule has 3 heterocycles. The topological polar surface area (TPSA) is 56.5 Å². The molecule has 0 radical (unpaired) electrons. The average Bonchev–Trinajstić information content (AvgIpc) is 2.96. The molecule has 0 spiro atoms. The Morgan fingerprint density at radius 1 is 1.25 bits per heavy atom. The Morgan fingerprint density at radius 3 is 2.94 bits per heavy atom. The molecule has 0 saturated carbocycles. The predicted molar refractivity (Wildman–Crippen MR) is 60.8 cm³/mol. The number of hydrogen-bond donors (Lipinski definition) is 1. The minimum Gasteiger partial charge on any atom is -0.461 e. The van der Waals surface area contributed by atoms with Crippen LogP contribution in [0.25, 0.3) is 17.1 Å². The number of aromatic nitrogens is 2. The Bertz CT molecular complexity index is 610. The van der Waals surface area contributed by atoms with Crippen LogP contribution in [0.2, 0.25) is 0 Å². The quantitative estimate of drug-likeness (QED) is 0.708. The van der Waals surface area contributed by atoms with Crippen LogP contribution >= 0.6 is 0 Å². The van der Waals surface area contributed by atoms with E-state index in [1.807, 2.05) is 40.9 Å². The first-order chi connectivity index (χ1) is 7.90. The van der Waals surface area contributed by atoms with Crippen molar-refractivity contribution in [3.05, 3.63) is 48.5 Å². The van der Waals surface area contributed by atoms with Crippen LogP contribution in [0.15, 0.2) is 47.2 Å². The fourth-order valence-corrected chi connectivity index (χ4v) is 1.86. The van der Waals surface area contributed by atoms with Gasteiger partial charge in [-0.25, -0.2) is 4.98 Å². The monoisotopic (exact) mass is 213 g/mol. The summed E-state index contributed by atoms with van der Waals surface area (Å²) in [5.74, 6) is 1.54. The molecule has 0 unspecified atom stereocenters. The first-order valence-corrected chi connectivity index (χ1v) is 5.09. The fourth-order valence-electron chi connectivity index (χ4n) is 1.86. The molecule has 0 aliphatic carbocycles. The Morgan fingerprint density at radius 2 is 2.19 bits per heavy atom. The van der Waals surface area contributed by atoms with E-state index in [1.165, 1.54) is 0 Å². The van der Waals surface area contributed by atoms with Crippen molar-refractivity contribution in [1.82, 2.24) is 9.38 Å². The Labute approximate surface area is 92.3 Å². The third kappa shape index (κ3) is 1.24. The molecule has 2 N–H and O–H groups in total. The summed E-state index contributed by atoms with van der Waals surface area (Å²) in [4.78, 5) is 4.36. The molecule has 0 fully saturated rings. The van der Waals surface area contributed by atoms with Gasteiger partial charge in [0.25, 0.3) is 0 Å². The van der Waals surface area contributed by atoms with Gasteiger partial charge >= 0.3 is 0 Å². The Kier molecular flexibility index (Phi) is 2.01. The molecule has 0 atom stereocenters. The van der Waals surface area contributed by atoms with Crippen LogP contribution in [0.1, 0.15) is 5.69 Å². The maximum absolute atomic E-state index is 5.72. The molecule has 3 rings (SSSR count). The van der Waals surface area contributed by atoms with Crippen molar-refractivity contribution < 1.29 is 4.42 Å². The number of rotatable bonds is 2. The molecule has 0 amide bonds. The number of hydrogen-bond acceptors (Lipinski definition) is 3. The van der Waals surface area contributed by atoms with Crippen molar-refractivity contribution in [3.8, 4) is 11.6 Å². The lowest BCUT2D eigenvalue weighted by atomic mass is 10.3. The lowest BCUT2D eigenvalue weighted by Gasteiger charge is -2.04. The van der Waals surface area contributed by atoms with Gasteiger partial charge in [-0.2, -0.15) is 0 Å². The highest BCUT2D eigenvalue weighted by Gasteiger charge is 2.10. The van der Waals surface area contributed by atoms with E-state index in [4.69, 9.17) is 10.2 Å². The highest BCUT2D eigenvalue weighted by Crippen LogP contribution is 2.21. The summed E-state index contributed by atoms with van der Waals surface area (Å²) < 4.78 is 7.37. The number of nitrogens with two attached hydrogens (primary N) is 1. The van der Waals surface area contributed by atoms with Gasteiger partial charge in [0, 0.05) is 12.2 Å². The molecule has 0 saturated heterocycles. The molecular weight excluding hydrogens is 202 g/mol. The number of fused-ring (bicyclic) bond motifs is 1. The molecule has 0 aliphatic rings. The zero-order valence-corrected chi connectivity index (χ0v) is 8.63. The second-order valence-corrected chi connectivity index (χ2v) is 3.54. The molecule has 3 aromatic rings. The largest absolute Gasteiger partial charge is 0.461 e. The molecule has 0 aliphatic heterocycles. The van der Waals surface area contributed by atoms with Crippen LogP contribution in [-0.2, 0) is 6.54 Å². The van der Waals surface area contributed by atoms with Gasteiger partial charge in [-0.1, -0.05) is 6.07 Å². The first-order valence-electron chi connectivity index (χ1n) is 5.09. The van der Waals surface area contributed by atoms with E-state index >= 15 is 0 Å². The van der Waals surface area contributed by atoms with E-state index < -0.39 is 0 Å². The van der Waals surface area contributed by atoms with Gasteiger partial charge in [0.15, 0.2) is 11.6 Å². The Balaban J connectivity index is 2.34. The second-order valence-electron chi connectivity index (χ2n) is 3.54. The van der Waals surface area contributed by atoms with Crippen LogP contribution in [0.5, 0.6) is 0 Å². The molecule has 3 aromatic heterocycles. The van der Waals surface area contributed by atoms with E-state index in [2.05, 4.69) is 4.98 Å². The summed E-state index contributed by atoms with van der Waals surface area (Å²) >= 11 is 0. The minimum absolute atomic E-state index is 0.474. The summed E-state index contributed by atoms with van der Waals surface area (Å²) in [6, 6.07) is 9.70. The maximum atomic E-state index is 5.72. The van der Waals surface area contributed by atoms with Gasteiger partial charge < -0.3 is 10.2 Å². The molecule has 16 heavy (non-hydrogen) atoms. The summed E-state index contributed by atoms with van der Waals surface area (Å²) in [6.45, 7) is 0.474. The van der Waals surface area contributed by atoms with Crippen molar-refractivity contribution in [2.75, 3.05) is 0 Å². The van der Waals surface area contributed by atoms with Gasteiger partial charge in [-0.3, -0.25) is 4.40 Å². The van der Waals surface area contributed by atoms with Gasteiger partial charge in [0.2, 0.25) is 0 Å². The zero-order valence-electron chi connectivity index (χ0n) is 8.63. The fraction of sp³-hybridized carbons (Fsp3) is 0.0833. The van der Waals surface area contributed by atoms with Crippen molar-refractivity contribution in [2.24, 2.45) is 5.73 Å². The number of furan rings is 1. The molecule has 0 aromatic carbocycles. The summed E-state index contributed by atoms with van der Waals surface area (Å²) in [7, 11) is 0. The van der Waals surface area contributed by atoms with Crippen molar-refractivity contribution in [2.45, 2.75) is 6.54 Å². The summed E-state index contributed by atoms with van der Waals surface area (Å²) in [5, 5.41) is 0. The highest BCUT2D eigenvalue weighted by atomic mass is 16.3. The lowest BCUT2D eigenvalue weighted by molar-refractivity contribution is 0.576. The van der Waals surface area contributed by atoms with Crippen LogP contribution < -0.4 is 5.73 Å². The van der Waals surface area contributed by atoms with Crippen LogP contribution in [0, 0.1) is 0 Å². The van der Waals surface area contributed by atoms with Crippen molar-refractivity contribution in [3.63, 3.8) is 0 Å². The molecule has 0 bridgehead atoms. The standard InChI is InChI=1S/C12H11N3O/c13-7-9-3-1-4-10-8-14-12(15(9)10)11-5-2-6-16-11/h1-6,8H,7,13H2. The zero-order chi connectivity index (χ0) is 11.0. The minimum atomic E-state index is 0.474. The third-order valence-electron chi connectivity index (χ3n) is 2.58. The van der Waals surface area contributed by atoms with E-state index in [1.54, 1.807) is 6.26 Å². The molecule has 4 heteroatoms. The van der Waals surface area contributed by atoms with Crippen LogP contribution in [-0.4, -0.2) is 9.38 Å². The van der Waals surface area contributed by atoms with E-state index in [0.29, 0.717) is 6.54 Å². The SMILES string of the molecule is NCc1cccc2cnc(-c3ccco3)n12. The van der Waals surface area contributed by atoms with Gasteiger partial charge in [0.05, 0.1) is 18.0 Å². The van der Waals surface area contributed by atoms with Gasteiger partial charge in [-0.05, 0) is 24.3 Å². The molecule has 80 valence electrons. The predicted octanol–water partition coefficient (Wildman–Crippen LogP) is 2.05. The van der Waals surface area contributed by atoms with Crippen LogP contribution in [0.3, 0.4) is 0 Å². The molecular formula is C12H11N3O. The molecule has 4 nitrogen and oxygen atoms in total. The lowest BCUT2D eigenvalue weighted by Crippen LogP contribution is -2.04. The maximum Gasteiger partial charge on any atom is 0.181 e.